The van der Waals surface area contributed by atoms with E-state index in [-0.39, 0.29) is 0 Å². The first-order chi connectivity index (χ1) is 14.6. The molecule has 0 aliphatic carbocycles. The van der Waals surface area contributed by atoms with Crippen LogP contribution >= 0.6 is 0 Å². The van der Waals surface area contributed by atoms with Gasteiger partial charge >= 0.3 is 0 Å². The van der Waals surface area contributed by atoms with Gasteiger partial charge in [0.05, 0.1) is 18.3 Å². The van der Waals surface area contributed by atoms with Crippen molar-refractivity contribution in [3.63, 3.8) is 0 Å². The van der Waals surface area contributed by atoms with E-state index >= 15 is 0 Å². The van der Waals surface area contributed by atoms with Crippen LogP contribution in [-0.4, -0.2) is 32.5 Å². The summed E-state index contributed by atoms with van der Waals surface area (Å²) in [5.74, 6) is 3.01. The minimum absolute atomic E-state index is 0.529. The highest BCUT2D eigenvalue weighted by Crippen LogP contribution is 2.32. The Morgan fingerprint density at radius 2 is 1.67 bits per heavy atom. The molecule has 5 rings (SSSR count). The lowest BCUT2D eigenvalue weighted by Crippen LogP contribution is -1.95. The van der Waals surface area contributed by atoms with Gasteiger partial charge in [-0.15, -0.1) is 0 Å². The molecule has 0 unspecified atom stereocenters. The first kappa shape index (κ1) is 18.4. The third kappa shape index (κ3) is 3.30. The zero-order chi connectivity index (χ0) is 20.7. The third-order valence-corrected chi connectivity index (χ3v) is 5.28. The molecule has 0 spiro atoms. The maximum absolute atomic E-state index is 5.33. The lowest BCUT2D eigenvalue weighted by Gasteiger charge is -2.05. The van der Waals surface area contributed by atoms with Crippen LogP contribution in [0.15, 0.2) is 54.6 Å². The average Bonchev–Trinajstić information content (AvgIpc) is 3.39. The Morgan fingerprint density at radius 3 is 2.50 bits per heavy atom. The van der Waals surface area contributed by atoms with E-state index in [0.717, 1.165) is 56.5 Å². The molecule has 6 heteroatoms. The van der Waals surface area contributed by atoms with Crippen molar-refractivity contribution in [2.45, 2.75) is 20.3 Å². The van der Waals surface area contributed by atoms with Gasteiger partial charge in [-0.2, -0.15) is 10.2 Å². The van der Waals surface area contributed by atoms with E-state index in [1.807, 2.05) is 24.3 Å². The third-order valence-electron chi connectivity index (χ3n) is 5.28. The molecule has 0 aliphatic heterocycles. The first-order valence-electron chi connectivity index (χ1n) is 10.1. The van der Waals surface area contributed by atoms with Gasteiger partial charge in [-0.1, -0.05) is 32.0 Å². The van der Waals surface area contributed by atoms with Crippen LogP contribution in [-0.2, 0) is 6.42 Å². The SMILES string of the molecule is COc1ccc2cc(-c3n[nH]c4ccc(-c5n[nH]c(CC(C)C)n5)cc34)ccc2c1. The van der Waals surface area contributed by atoms with E-state index in [1.54, 1.807) is 7.11 Å². The summed E-state index contributed by atoms with van der Waals surface area (Å²) in [6.07, 6.45) is 0.883. The van der Waals surface area contributed by atoms with Crippen molar-refractivity contribution in [2.75, 3.05) is 7.11 Å². The number of rotatable bonds is 5. The second-order valence-electron chi connectivity index (χ2n) is 7.96. The van der Waals surface area contributed by atoms with Gasteiger partial charge in [0.1, 0.15) is 11.6 Å². The molecule has 0 fully saturated rings. The van der Waals surface area contributed by atoms with Crippen molar-refractivity contribution < 1.29 is 4.74 Å². The summed E-state index contributed by atoms with van der Waals surface area (Å²) in [4.78, 5) is 4.66. The fraction of sp³-hybridized carbons (Fsp3) is 0.208. The molecule has 5 aromatic rings. The molecule has 0 aliphatic rings. The molecule has 0 saturated carbocycles. The second-order valence-corrected chi connectivity index (χ2v) is 7.96. The van der Waals surface area contributed by atoms with E-state index in [1.165, 1.54) is 0 Å². The maximum atomic E-state index is 5.33. The summed E-state index contributed by atoms with van der Waals surface area (Å²) in [6, 6.07) is 18.6. The molecule has 2 aromatic heterocycles. The molecule has 0 amide bonds. The molecule has 6 nitrogen and oxygen atoms in total. The summed E-state index contributed by atoms with van der Waals surface area (Å²) in [7, 11) is 1.68. The average molecular weight is 397 g/mol. The number of H-pyrrole nitrogens is 2. The lowest BCUT2D eigenvalue weighted by molar-refractivity contribution is 0.415. The highest BCUT2D eigenvalue weighted by atomic mass is 16.5. The Bertz CT molecular complexity index is 1350. The number of aromatic amines is 2. The quantitative estimate of drug-likeness (QED) is 0.417. The topological polar surface area (TPSA) is 79.5 Å². The number of nitrogens with zero attached hydrogens (tertiary/aromatic N) is 3. The van der Waals surface area contributed by atoms with E-state index in [4.69, 9.17) is 4.74 Å². The molecule has 0 saturated heterocycles. The molecule has 30 heavy (non-hydrogen) atoms. The van der Waals surface area contributed by atoms with Crippen molar-refractivity contribution in [1.29, 1.82) is 0 Å². The number of hydrogen-bond acceptors (Lipinski definition) is 4. The summed E-state index contributed by atoms with van der Waals surface area (Å²) in [5.41, 5.74) is 3.94. The Labute approximate surface area is 174 Å². The number of methoxy groups -OCH3 is 1. The van der Waals surface area contributed by atoms with Crippen LogP contribution in [0.2, 0.25) is 0 Å². The fourth-order valence-electron chi connectivity index (χ4n) is 3.77. The molecule has 0 bridgehead atoms. The Hall–Kier alpha value is -3.67. The summed E-state index contributed by atoms with van der Waals surface area (Å²) in [6.45, 7) is 4.34. The van der Waals surface area contributed by atoms with Gasteiger partial charge in [0.25, 0.3) is 0 Å². The number of aromatic nitrogens is 5. The van der Waals surface area contributed by atoms with E-state index < -0.39 is 0 Å². The van der Waals surface area contributed by atoms with Crippen molar-refractivity contribution in [1.82, 2.24) is 25.4 Å². The smallest absolute Gasteiger partial charge is 0.181 e. The van der Waals surface area contributed by atoms with Crippen LogP contribution in [0.5, 0.6) is 5.75 Å². The van der Waals surface area contributed by atoms with Gasteiger partial charge in [-0.3, -0.25) is 10.2 Å². The van der Waals surface area contributed by atoms with E-state index in [2.05, 4.69) is 69.6 Å². The van der Waals surface area contributed by atoms with Crippen LogP contribution in [0.1, 0.15) is 19.7 Å². The van der Waals surface area contributed by atoms with E-state index in [0.29, 0.717) is 11.7 Å². The van der Waals surface area contributed by atoms with Gasteiger partial charge in [0, 0.05) is 22.9 Å². The predicted molar refractivity (Wildman–Crippen MR) is 120 cm³/mol. The van der Waals surface area contributed by atoms with Crippen LogP contribution < -0.4 is 4.74 Å². The van der Waals surface area contributed by atoms with Crippen LogP contribution in [0, 0.1) is 5.92 Å². The second kappa shape index (κ2) is 7.30. The Kier molecular flexibility index (Phi) is 4.47. The molecule has 2 heterocycles. The highest BCUT2D eigenvalue weighted by molar-refractivity contribution is 5.97. The summed E-state index contributed by atoms with van der Waals surface area (Å²) < 4.78 is 5.33. The molecular formula is C24H23N5O. The zero-order valence-electron chi connectivity index (χ0n) is 17.2. The van der Waals surface area contributed by atoms with E-state index in [9.17, 15) is 0 Å². The number of ether oxygens (including phenoxy) is 1. The number of fused-ring (bicyclic) bond motifs is 2. The number of hydrogen-bond donors (Lipinski definition) is 2. The van der Waals surface area contributed by atoms with Crippen molar-refractivity contribution >= 4 is 21.7 Å². The zero-order valence-corrected chi connectivity index (χ0v) is 17.2. The molecule has 3 aromatic carbocycles. The first-order valence-corrected chi connectivity index (χ1v) is 10.1. The standard InChI is InChI=1S/C24H23N5O/c1-14(2)10-22-25-24(29-27-22)18-7-9-21-20(13-18)23(28-26-21)17-5-4-16-12-19(30-3)8-6-15(16)11-17/h4-9,11-14H,10H2,1-3H3,(H,26,28)(H,25,27,29). The van der Waals surface area contributed by atoms with Gasteiger partial charge in [-0.25, -0.2) is 4.98 Å². The molecular weight excluding hydrogens is 374 g/mol. The van der Waals surface area contributed by atoms with Crippen LogP contribution in [0.4, 0.5) is 0 Å². The van der Waals surface area contributed by atoms with Crippen molar-refractivity contribution in [3.05, 3.63) is 60.4 Å². The van der Waals surface area contributed by atoms with Crippen LogP contribution in [0.25, 0.3) is 44.3 Å². The fourth-order valence-corrected chi connectivity index (χ4v) is 3.77. The summed E-state index contributed by atoms with van der Waals surface area (Å²) in [5, 5.41) is 18.5. The van der Waals surface area contributed by atoms with Crippen molar-refractivity contribution in [2.24, 2.45) is 5.92 Å². The van der Waals surface area contributed by atoms with Gasteiger partial charge < -0.3 is 4.74 Å². The Balaban J connectivity index is 1.56. The highest BCUT2D eigenvalue weighted by Gasteiger charge is 2.13. The number of benzene rings is 3. The monoisotopic (exact) mass is 397 g/mol. The minimum Gasteiger partial charge on any atom is -0.497 e. The molecule has 2 N–H and O–H groups in total. The van der Waals surface area contributed by atoms with Gasteiger partial charge in [0.15, 0.2) is 5.82 Å². The number of nitrogens with one attached hydrogen (secondary N) is 2. The largest absolute Gasteiger partial charge is 0.497 e. The van der Waals surface area contributed by atoms with Crippen LogP contribution in [0.3, 0.4) is 0 Å². The molecule has 0 atom stereocenters. The Morgan fingerprint density at radius 1 is 0.867 bits per heavy atom. The molecule has 0 radical (unpaired) electrons. The predicted octanol–water partition coefficient (Wildman–Crippen LogP) is 5.38. The minimum atomic E-state index is 0.529. The van der Waals surface area contributed by atoms with Crippen molar-refractivity contribution in [3.8, 4) is 28.4 Å². The maximum Gasteiger partial charge on any atom is 0.181 e. The molecule has 150 valence electrons. The normalized spacial score (nSPS) is 11.6. The van der Waals surface area contributed by atoms with Gasteiger partial charge in [0.2, 0.25) is 0 Å². The summed E-state index contributed by atoms with van der Waals surface area (Å²) >= 11 is 0. The van der Waals surface area contributed by atoms with Gasteiger partial charge in [-0.05, 0) is 53.1 Å². The lowest BCUT2D eigenvalue weighted by atomic mass is 10.0.